The molecule has 1 unspecified atom stereocenters. The minimum atomic E-state index is -0.0900. The van der Waals surface area contributed by atoms with Crippen molar-refractivity contribution in [2.75, 3.05) is 39.2 Å². The molecule has 166 valence electrons. The summed E-state index contributed by atoms with van der Waals surface area (Å²) in [6.07, 6.45) is 1.49. The summed E-state index contributed by atoms with van der Waals surface area (Å²) in [7, 11) is 3.13. The van der Waals surface area contributed by atoms with E-state index >= 15 is 0 Å². The summed E-state index contributed by atoms with van der Waals surface area (Å²) in [5, 5.41) is 6.01. The van der Waals surface area contributed by atoms with Crippen molar-refractivity contribution in [1.29, 1.82) is 0 Å². The molecular formula is C24H31N3O4. The molecule has 1 heterocycles. The van der Waals surface area contributed by atoms with Crippen LogP contribution in [0.1, 0.15) is 31.4 Å². The normalized spacial score (nSPS) is 15.7. The summed E-state index contributed by atoms with van der Waals surface area (Å²) in [6.45, 7) is 3.73. The SMILES string of the molecule is COc1ccc(NC(=O)CN2CCC(C(=O)NC(C)c3ccccc3)CC2)cc1OC. The Morgan fingerprint density at radius 1 is 1.03 bits per heavy atom. The van der Waals surface area contributed by atoms with Crippen LogP contribution in [0, 0.1) is 5.92 Å². The van der Waals surface area contributed by atoms with Gasteiger partial charge in [-0.3, -0.25) is 14.5 Å². The number of hydrogen-bond acceptors (Lipinski definition) is 5. The number of methoxy groups -OCH3 is 2. The van der Waals surface area contributed by atoms with Crippen LogP contribution in [0.2, 0.25) is 0 Å². The van der Waals surface area contributed by atoms with Crippen LogP contribution in [0.4, 0.5) is 5.69 Å². The molecule has 7 nitrogen and oxygen atoms in total. The van der Waals surface area contributed by atoms with Crippen LogP contribution in [0.5, 0.6) is 11.5 Å². The summed E-state index contributed by atoms with van der Waals surface area (Å²) < 4.78 is 10.5. The van der Waals surface area contributed by atoms with Gasteiger partial charge < -0.3 is 20.1 Å². The number of benzene rings is 2. The number of nitrogens with one attached hydrogen (secondary N) is 2. The lowest BCUT2D eigenvalue weighted by atomic mass is 9.95. The summed E-state index contributed by atoms with van der Waals surface area (Å²) in [5.74, 6) is 1.16. The first-order valence-corrected chi connectivity index (χ1v) is 10.6. The highest BCUT2D eigenvalue weighted by Gasteiger charge is 2.26. The number of piperidine rings is 1. The third-order valence-corrected chi connectivity index (χ3v) is 5.65. The Labute approximate surface area is 183 Å². The lowest BCUT2D eigenvalue weighted by molar-refractivity contribution is -0.127. The molecule has 1 aliphatic rings. The molecule has 2 N–H and O–H groups in total. The van der Waals surface area contributed by atoms with Crippen molar-refractivity contribution in [3.05, 3.63) is 54.1 Å². The second-order valence-electron chi connectivity index (χ2n) is 7.81. The second kappa shape index (κ2) is 10.8. The van der Waals surface area contributed by atoms with Gasteiger partial charge in [-0.15, -0.1) is 0 Å². The number of likely N-dealkylation sites (tertiary alicyclic amines) is 1. The molecule has 2 aromatic carbocycles. The maximum Gasteiger partial charge on any atom is 0.238 e. The lowest BCUT2D eigenvalue weighted by Gasteiger charge is -2.31. The van der Waals surface area contributed by atoms with E-state index in [1.165, 1.54) is 0 Å². The zero-order chi connectivity index (χ0) is 22.2. The first kappa shape index (κ1) is 22.6. The predicted octanol–water partition coefficient (Wildman–Crippen LogP) is 3.23. The molecule has 2 amide bonds. The molecule has 1 aliphatic heterocycles. The van der Waals surface area contributed by atoms with Gasteiger partial charge in [-0.1, -0.05) is 30.3 Å². The molecule has 0 aliphatic carbocycles. The highest BCUT2D eigenvalue weighted by molar-refractivity contribution is 5.92. The Kier molecular flexibility index (Phi) is 7.89. The summed E-state index contributed by atoms with van der Waals surface area (Å²) in [6, 6.07) is 15.2. The van der Waals surface area contributed by atoms with Crippen LogP contribution in [0.25, 0.3) is 0 Å². The smallest absolute Gasteiger partial charge is 0.238 e. The minimum absolute atomic E-state index is 0.0148. The van der Waals surface area contributed by atoms with Crippen LogP contribution in [-0.4, -0.2) is 50.6 Å². The molecule has 0 saturated carbocycles. The fraction of sp³-hybridized carbons (Fsp3) is 0.417. The van der Waals surface area contributed by atoms with Crippen LogP contribution in [-0.2, 0) is 9.59 Å². The number of hydrogen-bond donors (Lipinski definition) is 2. The van der Waals surface area contributed by atoms with Crippen molar-refractivity contribution < 1.29 is 19.1 Å². The van der Waals surface area contributed by atoms with Crippen molar-refractivity contribution in [3.8, 4) is 11.5 Å². The monoisotopic (exact) mass is 425 g/mol. The van der Waals surface area contributed by atoms with Crippen molar-refractivity contribution in [2.24, 2.45) is 5.92 Å². The summed E-state index contributed by atoms with van der Waals surface area (Å²) in [5.41, 5.74) is 1.76. The molecule has 31 heavy (non-hydrogen) atoms. The van der Waals surface area contributed by atoms with E-state index in [2.05, 4.69) is 15.5 Å². The highest BCUT2D eigenvalue weighted by atomic mass is 16.5. The Morgan fingerprint density at radius 3 is 2.35 bits per heavy atom. The average molecular weight is 426 g/mol. The van der Waals surface area contributed by atoms with Gasteiger partial charge in [0.15, 0.2) is 11.5 Å². The Morgan fingerprint density at radius 2 is 1.71 bits per heavy atom. The molecule has 1 saturated heterocycles. The summed E-state index contributed by atoms with van der Waals surface area (Å²) in [4.78, 5) is 27.2. The van der Waals surface area contributed by atoms with Gasteiger partial charge in [-0.25, -0.2) is 0 Å². The van der Waals surface area contributed by atoms with E-state index < -0.39 is 0 Å². The zero-order valence-electron chi connectivity index (χ0n) is 18.4. The van der Waals surface area contributed by atoms with Crippen molar-refractivity contribution in [3.63, 3.8) is 0 Å². The predicted molar refractivity (Wildman–Crippen MR) is 120 cm³/mol. The molecular weight excluding hydrogens is 394 g/mol. The molecule has 2 aromatic rings. The molecule has 0 spiro atoms. The fourth-order valence-electron chi connectivity index (χ4n) is 3.83. The average Bonchev–Trinajstić information content (AvgIpc) is 2.79. The Hall–Kier alpha value is -3.06. The van der Waals surface area contributed by atoms with Gasteiger partial charge in [-0.05, 0) is 50.6 Å². The Bertz CT molecular complexity index is 880. The van der Waals surface area contributed by atoms with Gasteiger partial charge in [0, 0.05) is 17.7 Å². The van der Waals surface area contributed by atoms with Crippen molar-refractivity contribution >= 4 is 17.5 Å². The van der Waals surface area contributed by atoms with Gasteiger partial charge >= 0.3 is 0 Å². The van der Waals surface area contributed by atoms with E-state index in [4.69, 9.17) is 9.47 Å². The number of carbonyl (C=O) groups excluding carboxylic acids is 2. The number of nitrogens with zero attached hydrogens (tertiary/aromatic N) is 1. The minimum Gasteiger partial charge on any atom is -0.493 e. The quantitative estimate of drug-likeness (QED) is 0.679. The molecule has 1 fully saturated rings. The third kappa shape index (κ3) is 6.21. The number of amides is 2. The van der Waals surface area contributed by atoms with Gasteiger partial charge in [0.2, 0.25) is 11.8 Å². The highest BCUT2D eigenvalue weighted by Crippen LogP contribution is 2.29. The van der Waals surface area contributed by atoms with E-state index in [0.717, 1.165) is 31.5 Å². The number of carbonyl (C=O) groups is 2. The van der Waals surface area contributed by atoms with Crippen molar-refractivity contribution in [1.82, 2.24) is 10.2 Å². The lowest BCUT2D eigenvalue weighted by Crippen LogP contribution is -2.43. The fourth-order valence-corrected chi connectivity index (χ4v) is 3.83. The molecule has 3 rings (SSSR count). The van der Waals surface area contributed by atoms with Gasteiger partial charge in [-0.2, -0.15) is 0 Å². The van der Waals surface area contributed by atoms with E-state index in [0.29, 0.717) is 23.7 Å². The first-order chi connectivity index (χ1) is 15.0. The van der Waals surface area contributed by atoms with E-state index in [9.17, 15) is 9.59 Å². The molecule has 7 heteroatoms. The number of rotatable bonds is 8. The zero-order valence-corrected chi connectivity index (χ0v) is 18.4. The van der Waals surface area contributed by atoms with E-state index in [-0.39, 0.29) is 23.8 Å². The third-order valence-electron chi connectivity index (χ3n) is 5.65. The number of anilines is 1. The van der Waals surface area contributed by atoms with E-state index in [1.54, 1.807) is 32.4 Å². The molecule has 0 radical (unpaired) electrons. The van der Waals surface area contributed by atoms with Crippen molar-refractivity contribution in [2.45, 2.75) is 25.8 Å². The summed E-state index contributed by atoms with van der Waals surface area (Å²) >= 11 is 0. The molecule has 0 aromatic heterocycles. The Balaban J connectivity index is 1.44. The maximum absolute atomic E-state index is 12.6. The van der Waals surface area contributed by atoms with Gasteiger partial charge in [0.25, 0.3) is 0 Å². The second-order valence-corrected chi connectivity index (χ2v) is 7.81. The maximum atomic E-state index is 12.6. The van der Waals surface area contributed by atoms with Gasteiger partial charge in [0.05, 0.1) is 26.8 Å². The van der Waals surface area contributed by atoms with Crippen LogP contribution in [0.3, 0.4) is 0 Å². The number of ether oxygens (including phenoxy) is 2. The van der Waals surface area contributed by atoms with Crippen LogP contribution < -0.4 is 20.1 Å². The van der Waals surface area contributed by atoms with Gasteiger partial charge in [0.1, 0.15) is 0 Å². The topological polar surface area (TPSA) is 79.9 Å². The standard InChI is InChI=1S/C24H31N3O4/c1-17(18-7-5-4-6-8-18)25-24(29)19-11-13-27(14-12-19)16-23(28)26-20-9-10-21(30-2)22(15-20)31-3/h4-10,15,17,19H,11-14,16H2,1-3H3,(H,25,29)(H,26,28). The van der Waals surface area contributed by atoms with E-state index in [1.807, 2.05) is 37.3 Å². The van der Waals surface area contributed by atoms with Crippen LogP contribution >= 0.6 is 0 Å². The molecule has 1 atom stereocenters. The molecule has 0 bridgehead atoms. The first-order valence-electron chi connectivity index (χ1n) is 10.6. The largest absolute Gasteiger partial charge is 0.493 e. The van der Waals surface area contributed by atoms with Crippen LogP contribution in [0.15, 0.2) is 48.5 Å².